The standard InChI is InChI=1S/C18H23N3O3/c1-15-7-2-3-8-17(15)24-16-13-18(22)21(14-16)12-5-4-9-19-10-6-11-20-23/h2-4,7-9,13,19H,5-6,10-12,14H2,1H3/b9-4-. The van der Waals surface area contributed by atoms with E-state index in [1.165, 1.54) is 0 Å². The Morgan fingerprint density at radius 2 is 2.21 bits per heavy atom. The van der Waals surface area contributed by atoms with Crippen molar-refractivity contribution >= 4 is 5.91 Å². The zero-order chi connectivity index (χ0) is 17.2. The number of carbonyl (C=O) groups is 1. The number of para-hydroxylation sites is 1. The Morgan fingerprint density at radius 1 is 1.38 bits per heavy atom. The van der Waals surface area contributed by atoms with Crippen molar-refractivity contribution in [2.75, 3.05) is 26.2 Å². The van der Waals surface area contributed by atoms with Crippen molar-refractivity contribution in [1.82, 2.24) is 10.2 Å². The molecule has 6 heteroatoms. The monoisotopic (exact) mass is 329 g/mol. The summed E-state index contributed by atoms with van der Waals surface area (Å²) in [6, 6.07) is 7.75. The van der Waals surface area contributed by atoms with Crippen molar-refractivity contribution in [3.63, 3.8) is 0 Å². The van der Waals surface area contributed by atoms with Crippen LogP contribution in [0.1, 0.15) is 18.4 Å². The fraction of sp³-hybridized carbons (Fsp3) is 0.389. The van der Waals surface area contributed by atoms with E-state index in [0.29, 0.717) is 25.4 Å². The molecule has 1 N–H and O–H groups in total. The van der Waals surface area contributed by atoms with Crippen molar-refractivity contribution in [2.45, 2.75) is 19.8 Å². The zero-order valence-corrected chi connectivity index (χ0v) is 13.9. The first-order valence-corrected chi connectivity index (χ1v) is 8.11. The third-order valence-corrected chi connectivity index (χ3v) is 3.65. The number of ether oxygens (including phenoxy) is 1. The van der Waals surface area contributed by atoms with Crippen LogP contribution in [0.2, 0.25) is 0 Å². The van der Waals surface area contributed by atoms with Crippen LogP contribution in [0.15, 0.2) is 53.6 Å². The van der Waals surface area contributed by atoms with E-state index in [9.17, 15) is 9.70 Å². The number of nitrogens with zero attached hydrogens (tertiary/aromatic N) is 2. The molecule has 0 saturated carbocycles. The van der Waals surface area contributed by atoms with Gasteiger partial charge in [0.2, 0.25) is 5.91 Å². The highest BCUT2D eigenvalue weighted by Crippen LogP contribution is 2.21. The molecule has 0 atom stereocenters. The van der Waals surface area contributed by atoms with E-state index < -0.39 is 0 Å². The van der Waals surface area contributed by atoms with E-state index in [2.05, 4.69) is 10.5 Å². The van der Waals surface area contributed by atoms with E-state index in [0.717, 1.165) is 30.7 Å². The molecular weight excluding hydrogens is 306 g/mol. The van der Waals surface area contributed by atoms with E-state index in [4.69, 9.17) is 4.74 Å². The average Bonchev–Trinajstić information content (AvgIpc) is 2.92. The number of hydrogen-bond acceptors (Lipinski definition) is 5. The molecule has 6 nitrogen and oxygen atoms in total. The normalized spacial score (nSPS) is 14.1. The summed E-state index contributed by atoms with van der Waals surface area (Å²) < 4.78 is 5.82. The number of benzene rings is 1. The molecular formula is C18H23N3O3. The third-order valence-electron chi connectivity index (χ3n) is 3.65. The highest BCUT2D eigenvalue weighted by molar-refractivity contribution is 5.90. The van der Waals surface area contributed by atoms with Crippen molar-refractivity contribution in [2.24, 2.45) is 5.18 Å². The van der Waals surface area contributed by atoms with Crippen LogP contribution in [-0.2, 0) is 4.79 Å². The van der Waals surface area contributed by atoms with Gasteiger partial charge in [-0.15, -0.1) is 0 Å². The van der Waals surface area contributed by atoms with Crippen molar-refractivity contribution < 1.29 is 9.53 Å². The Hall–Kier alpha value is -2.63. The Balaban J connectivity index is 1.70. The highest BCUT2D eigenvalue weighted by Gasteiger charge is 2.22. The fourth-order valence-corrected chi connectivity index (χ4v) is 2.33. The zero-order valence-electron chi connectivity index (χ0n) is 13.9. The van der Waals surface area contributed by atoms with Gasteiger partial charge in [-0.1, -0.05) is 29.5 Å². The Kier molecular flexibility index (Phi) is 7.01. The molecule has 0 aliphatic carbocycles. The molecule has 2 rings (SSSR count). The summed E-state index contributed by atoms with van der Waals surface area (Å²) in [5.74, 6) is 1.45. The van der Waals surface area contributed by atoms with Crippen LogP contribution in [0.25, 0.3) is 0 Å². The summed E-state index contributed by atoms with van der Waals surface area (Å²) in [7, 11) is 0. The van der Waals surface area contributed by atoms with Gasteiger partial charge in [0.1, 0.15) is 11.5 Å². The van der Waals surface area contributed by atoms with Crippen LogP contribution in [0, 0.1) is 11.8 Å². The van der Waals surface area contributed by atoms with Crippen LogP contribution >= 0.6 is 0 Å². The van der Waals surface area contributed by atoms with Gasteiger partial charge in [0, 0.05) is 19.2 Å². The molecule has 1 aliphatic heterocycles. The number of hydrogen-bond donors (Lipinski definition) is 1. The minimum absolute atomic E-state index is 0.0167. The lowest BCUT2D eigenvalue weighted by molar-refractivity contribution is -0.124. The van der Waals surface area contributed by atoms with Crippen LogP contribution in [0.3, 0.4) is 0 Å². The fourth-order valence-electron chi connectivity index (χ4n) is 2.33. The van der Waals surface area contributed by atoms with Gasteiger partial charge in [0.15, 0.2) is 0 Å². The number of nitroso groups, excluding NO2 is 1. The number of nitrogens with one attached hydrogen (secondary N) is 1. The first-order valence-electron chi connectivity index (χ1n) is 8.11. The molecule has 0 unspecified atom stereocenters. The SMILES string of the molecule is Cc1ccccc1OC1=CC(=O)N(CC/C=C\NCCCN=O)C1. The predicted octanol–water partition coefficient (Wildman–Crippen LogP) is 2.75. The lowest BCUT2D eigenvalue weighted by atomic mass is 10.2. The Bertz CT molecular complexity index is 626. The van der Waals surface area contributed by atoms with Crippen LogP contribution in [-0.4, -0.2) is 37.0 Å². The first kappa shape index (κ1) is 17.7. The molecule has 1 amide bonds. The van der Waals surface area contributed by atoms with Crippen LogP contribution < -0.4 is 10.1 Å². The maximum absolute atomic E-state index is 12.0. The van der Waals surface area contributed by atoms with E-state index >= 15 is 0 Å². The number of carbonyl (C=O) groups excluding carboxylic acids is 1. The van der Waals surface area contributed by atoms with E-state index in [1.54, 1.807) is 11.0 Å². The quantitative estimate of drug-likeness (QED) is 0.529. The number of rotatable bonds is 10. The van der Waals surface area contributed by atoms with Gasteiger partial charge in [-0.3, -0.25) is 4.79 Å². The van der Waals surface area contributed by atoms with Gasteiger partial charge >= 0.3 is 0 Å². The summed E-state index contributed by atoms with van der Waals surface area (Å²) in [6.45, 7) is 4.18. The second-order valence-electron chi connectivity index (χ2n) is 5.59. The average molecular weight is 329 g/mol. The van der Waals surface area contributed by atoms with Gasteiger partial charge < -0.3 is 15.0 Å². The smallest absolute Gasteiger partial charge is 0.250 e. The molecule has 0 bridgehead atoms. The maximum atomic E-state index is 12.0. The minimum Gasteiger partial charge on any atom is -0.459 e. The molecule has 0 fully saturated rings. The predicted molar refractivity (Wildman–Crippen MR) is 93.5 cm³/mol. The second-order valence-corrected chi connectivity index (χ2v) is 5.59. The van der Waals surface area contributed by atoms with Gasteiger partial charge in [0.25, 0.3) is 0 Å². The van der Waals surface area contributed by atoms with E-state index in [-0.39, 0.29) is 5.91 Å². The second kappa shape index (κ2) is 9.50. The van der Waals surface area contributed by atoms with Gasteiger partial charge in [0.05, 0.1) is 13.1 Å². The summed E-state index contributed by atoms with van der Waals surface area (Å²) >= 11 is 0. The molecule has 0 spiro atoms. The molecule has 128 valence electrons. The maximum Gasteiger partial charge on any atom is 0.250 e. The number of aryl methyl sites for hydroxylation is 1. The van der Waals surface area contributed by atoms with Crippen molar-refractivity contribution in [3.8, 4) is 5.75 Å². The summed E-state index contributed by atoms with van der Waals surface area (Å²) in [6.07, 6.45) is 6.87. The molecule has 1 aromatic rings. The molecule has 1 aromatic carbocycles. The summed E-state index contributed by atoms with van der Waals surface area (Å²) in [5, 5.41) is 5.88. The number of amides is 1. The van der Waals surface area contributed by atoms with Gasteiger partial charge in [-0.05, 0) is 37.6 Å². The summed E-state index contributed by atoms with van der Waals surface area (Å²) in [5.41, 5.74) is 1.04. The largest absolute Gasteiger partial charge is 0.459 e. The Morgan fingerprint density at radius 3 is 3.00 bits per heavy atom. The van der Waals surface area contributed by atoms with Crippen LogP contribution in [0.5, 0.6) is 5.75 Å². The summed E-state index contributed by atoms with van der Waals surface area (Å²) in [4.78, 5) is 23.7. The molecule has 0 aromatic heterocycles. The topological polar surface area (TPSA) is 71.0 Å². The molecule has 1 aliphatic rings. The lowest BCUT2D eigenvalue weighted by Crippen LogP contribution is -2.27. The van der Waals surface area contributed by atoms with Crippen LogP contribution in [0.4, 0.5) is 0 Å². The third kappa shape index (κ3) is 5.53. The molecule has 1 heterocycles. The molecule has 0 radical (unpaired) electrons. The lowest BCUT2D eigenvalue weighted by Gasteiger charge is -2.15. The van der Waals surface area contributed by atoms with Crippen molar-refractivity contribution in [1.29, 1.82) is 0 Å². The highest BCUT2D eigenvalue weighted by atomic mass is 16.5. The van der Waals surface area contributed by atoms with Gasteiger partial charge in [-0.2, -0.15) is 4.91 Å². The van der Waals surface area contributed by atoms with E-state index in [1.807, 2.05) is 43.5 Å². The minimum atomic E-state index is -0.0167. The molecule has 24 heavy (non-hydrogen) atoms. The van der Waals surface area contributed by atoms with Crippen molar-refractivity contribution in [3.05, 3.63) is 58.8 Å². The molecule has 0 saturated heterocycles. The first-order chi connectivity index (χ1) is 11.7. The van der Waals surface area contributed by atoms with Gasteiger partial charge in [-0.25, -0.2) is 0 Å². The Labute approximate surface area is 142 Å².